The Morgan fingerprint density at radius 2 is 1.74 bits per heavy atom. The van der Waals surface area contributed by atoms with E-state index in [1.807, 2.05) is 26.0 Å². The fourth-order valence-electron chi connectivity index (χ4n) is 3.23. The van der Waals surface area contributed by atoms with E-state index in [9.17, 15) is 4.79 Å². The van der Waals surface area contributed by atoms with Gasteiger partial charge in [0, 0.05) is 23.7 Å². The Labute approximate surface area is 165 Å². The summed E-state index contributed by atoms with van der Waals surface area (Å²) in [5.41, 5.74) is 2.23. The summed E-state index contributed by atoms with van der Waals surface area (Å²) in [6, 6.07) is 10.8. The second kappa shape index (κ2) is 9.00. The Balaban J connectivity index is 1.85. The van der Waals surface area contributed by atoms with E-state index in [0.717, 1.165) is 37.3 Å². The molecule has 1 heterocycles. The summed E-state index contributed by atoms with van der Waals surface area (Å²) in [6.07, 6.45) is 2.32. The van der Waals surface area contributed by atoms with Crippen LogP contribution >= 0.6 is 11.6 Å². The van der Waals surface area contributed by atoms with Crippen LogP contribution in [0.4, 0.5) is 11.4 Å². The van der Waals surface area contributed by atoms with E-state index in [1.54, 1.807) is 24.3 Å². The van der Waals surface area contributed by atoms with Crippen molar-refractivity contribution in [3.8, 4) is 11.5 Å². The second-order valence-corrected chi connectivity index (χ2v) is 6.77. The maximum Gasteiger partial charge on any atom is 0.255 e. The van der Waals surface area contributed by atoms with Crippen LogP contribution in [0.1, 0.15) is 37.0 Å². The number of hydrogen-bond acceptors (Lipinski definition) is 4. The number of nitrogens with one attached hydrogen (secondary N) is 1. The number of halogens is 1. The van der Waals surface area contributed by atoms with Crippen molar-refractivity contribution in [1.82, 2.24) is 0 Å². The van der Waals surface area contributed by atoms with Crippen molar-refractivity contribution in [2.75, 3.05) is 36.5 Å². The number of hydrogen-bond donors (Lipinski definition) is 1. The zero-order valence-electron chi connectivity index (χ0n) is 15.8. The molecule has 5 nitrogen and oxygen atoms in total. The summed E-state index contributed by atoms with van der Waals surface area (Å²) >= 11 is 6.17. The van der Waals surface area contributed by atoms with Gasteiger partial charge in [-0.2, -0.15) is 0 Å². The Morgan fingerprint density at radius 3 is 2.44 bits per heavy atom. The molecule has 1 fully saturated rings. The zero-order valence-corrected chi connectivity index (χ0v) is 16.5. The average molecular weight is 389 g/mol. The van der Waals surface area contributed by atoms with Gasteiger partial charge in [-0.15, -0.1) is 0 Å². The minimum absolute atomic E-state index is 0.207. The van der Waals surface area contributed by atoms with Crippen molar-refractivity contribution >= 4 is 28.9 Å². The van der Waals surface area contributed by atoms with Crippen LogP contribution in [0.3, 0.4) is 0 Å². The molecule has 0 atom stereocenters. The first-order chi connectivity index (χ1) is 13.1. The van der Waals surface area contributed by atoms with E-state index >= 15 is 0 Å². The van der Waals surface area contributed by atoms with Gasteiger partial charge in [0.2, 0.25) is 0 Å². The normalized spacial score (nSPS) is 13.5. The third-order valence-corrected chi connectivity index (χ3v) is 4.69. The summed E-state index contributed by atoms with van der Waals surface area (Å²) in [7, 11) is 0. The van der Waals surface area contributed by atoms with Gasteiger partial charge in [-0.1, -0.05) is 11.6 Å². The Bertz CT molecular complexity index is 804. The van der Waals surface area contributed by atoms with Crippen LogP contribution in [-0.4, -0.2) is 32.2 Å². The molecule has 0 saturated carbocycles. The predicted molar refractivity (Wildman–Crippen MR) is 110 cm³/mol. The van der Waals surface area contributed by atoms with E-state index < -0.39 is 0 Å². The summed E-state index contributed by atoms with van der Waals surface area (Å²) in [6.45, 7) is 6.82. The first-order valence-electron chi connectivity index (χ1n) is 9.38. The highest BCUT2D eigenvalue weighted by atomic mass is 35.5. The molecular weight excluding hydrogens is 364 g/mol. The molecular formula is C21H25ClN2O3. The minimum Gasteiger partial charge on any atom is -0.490 e. The van der Waals surface area contributed by atoms with Crippen molar-refractivity contribution in [1.29, 1.82) is 0 Å². The van der Waals surface area contributed by atoms with Gasteiger partial charge >= 0.3 is 0 Å². The van der Waals surface area contributed by atoms with Crippen LogP contribution in [-0.2, 0) is 0 Å². The third kappa shape index (κ3) is 4.66. The predicted octanol–water partition coefficient (Wildman–Crippen LogP) is 4.99. The van der Waals surface area contributed by atoms with Gasteiger partial charge < -0.3 is 19.7 Å². The maximum atomic E-state index is 12.8. The fraction of sp³-hybridized carbons (Fsp3) is 0.381. The summed E-state index contributed by atoms with van der Waals surface area (Å²) in [5.74, 6) is 0.996. The third-order valence-electron chi connectivity index (χ3n) is 4.46. The van der Waals surface area contributed by atoms with Gasteiger partial charge in [0.25, 0.3) is 5.91 Å². The highest BCUT2D eigenvalue weighted by Gasteiger charge is 2.18. The quantitative estimate of drug-likeness (QED) is 0.725. The summed E-state index contributed by atoms with van der Waals surface area (Å²) in [5, 5.41) is 3.60. The van der Waals surface area contributed by atoms with Gasteiger partial charge in [0.05, 0.1) is 24.6 Å². The first kappa shape index (κ1) is 19.4. The molecule has 1 aliphatic heterocycles. The minimum atomic E-state index is -0.207. The maximum absolute atomic E-state index is 12.8. The highest BCUT2D eigenvalue weighted by molar-refractivity contribution is 6.31. The standard InChI is InChI=1S/C21H25ClN2O3/c1-3-26-19-10-7-15(13-20(19)27-4-2)21(25)23-17-14-16(22)8-9-18(17)24-11-5-6-12-24/h7-10,13-14H,3-6,11-12H2,1-2H3,(H,23,25). The monoisotopic (exact) mass is 388 g/mol. The van der Waals surface area contributed by atoms with Crippen LogP contribution in [0.25, 0.3) is 0 Å². The molecule has 0 bridgehead atoms. The largest absolute Gasteiger partial charge is 0.490 e. The second-order valence-electron chi connectivity index (χ2n) is 6.34. The van der Waals surface area contributed by atoms with E-state index in [0.29, 0.717) is 35.3 Å². The van der Waals surface area contributed by atoms with Crippen molar-refractivity contribution < 1.29 is 14.3 Å². The molecule has 144 valence electrons. The molecule has 0 aliphatic carbocycles. The average Bonchev–Trinajstić information content (AvgIpc) is 3.18. The van der Waals surface area contributed by atoms with Crippen molar-refractivity contribution in [3.05, 3.63) is 47.0 Å². The molecule has 3 rings (SSSR count). The number of rotatable bonds is 7. The SMILES string of the molecule is CCOc1ccc(C(=O)Nc2cc(Cl)ccc2N2CCCC2)cc1OCC. The van der Waals surface area contributed by atoms with E-state index in [-0.39, 0.29) is 5.91 Å². The lowest BCUT2D eigenvalue weighted by Crippen LogP contribution is -2.21. The molecule has 2 aromatic rings. The lowest BCUT2D eigenvalue weighted by molar-refractivity contribution is 0.102. The Hall–Kier alpha value is -2.40. The molecule has 2 aromatic carbocycles. The Morgan fingerprint density at radius 1 is 1.04 bits per heavy atom. The molecule has 1 N–H and O–H groups in total. The molecule has 1 aliphatic rings. The van der Waals surface area contributed by atoms with Crippen LogP contribution in [0.15, 0.2) is 36.4 Å². The van der Waals surface area contributed by atoms with Crippen molar-refractivity contribution in [2.45, 2.75) is 26.7 Å². The molecule has 1 amide bonds. The summed E-state index contributed by atoms with van der Waals surface area (Å²) < 4.78 is 11.2. The van der Waals surface area contributed by atoms with Crippen LogP contribution in [0, 0.1) is 0 Å². The van der Waals surface area contributed by atoms with Crippen LogP contribution in [0.5, 0.6) is 11.5 Å². The van der Waals surface area contributed by atoms with Crippen molar-refractivity contribution in [3.63, 3.8) is 0 Å². The topological polar surface area (TPSA) is 50.8 Å². The molecule has 0 unspecified atom stereocenters. The van der Waals surface area contributed by atoms with Gasteiger partial charge in [-0.05, 0) is 63.1 Å². The number of carbonyl (C=O) groups is 1. The van der Waals surface area contributed by atoms with Gasteiger partial charge in [-0.25, -0.2) is 0 Å². The molecule has 0 aromatic heterocycles. The lowest BCUT2D eigenvalue weighted by Gasteiger charge is -2.22. The molecule has 0 spiro atoms. The number of benzene rings is 2. The number of nitrogens with zero attached hydrogens (tertiary/aromatic N) is 1. The molecule has 6 heteroatoms. The van der Waals surface area contributed by atoms with Gasteiger partial charge in [0.15, 0.2) is 11.5 Å². The number of carbonyl (C=O) groups excluding carboxylic acids is 1. The molecule has 1 saturated heterocycles. The van der Waals surface area contributed by atoms with Crippen molar-refractivity contribution in [2.24, 2.45) is 0 Å². The zero-order chi connectivity index (χ0) is 19.2. The van der Waals surface area contributed by atoms with Gasteiger partial charge in [0.1, 0.15) is 0 Å². The number of ether oxygens (including phenoxy) is 2. The van der Waals surface area contributed by atoms with Crippen LogP contribution < -0.4 is 19.7 Å². The van der Waals surface area contributed by atoms with Crippen LogP contribution in [0.2, 0.25) is 5.02 Å². The molecule has 0 radical (unpaired) electrons. The van der Waals surface area contributed by atoms with E-state index in [2.05, 4.69) is 10.2 Å². The fourth-order valence-corrected chi connectivity index (χ4v) is 3.40. The summed E-state index contributed by atoms with van der Waals surface area (Å²) in [4.78, 5) is 15.1. The van der Waals surface area contributed by atoms with E-state index in [1.165, 1.54) is 0 Å². The lowest BCUT2D eigenvalue weighted by atomic mass is 10.1. The first-order valence-corrected chi connectivity index (χ1v) is 9.75. The molecule has 27 heavy (non-hydrogen) atoms. The number of anilines is 2. The smallest absolute Gasteiger partial charge is 0.255 e. The van der Waals surface area contributed by atoms with E-state index in [4.69, 9.17) is 21.1 Å². The Kier molecular flexibility index (Phi) is 6.45. The number of amides is 1. The van der Waals surface area contributed by atoms with Gasteiger partial charge in [-0.3, -0.25) is 4.79 Å². The highest BCUT2D eigenvalue weighted by Crippen LogP contribution is 2.33.